The lowest BCUT2D eigenvalue weighted by atomic mass is 10.2. The van der Waals surface area contributed by atoms with Crippen LogP contribution >= 0.6 is 0 Å². The number of rotatable bonds is 5. The van der Waals surface area contributed by atoms with Crippen LogP contribution < -0.4 is 4.72 Å². The first-order valence-electron chi connectivity index (χ1n) is 5.56. The van der Waals surface area contributed by atoms with Crippen LogP contribution in [0.3, 0.4) is 0 Å². The van der Waals surface area contributed by atoms with Crippen molar-refractivity contribution in [3.8, 4) is 6.07 Å². The molecule has 0 saturated heterocycles. The van der Waals surface area contributed by atoms with E-state index in [9.17, 15) is 12.8 Å². The Hall–Kier alpha value is -1.45. The average Bonchev–Trinajstić information content (AvgIpc) is 2.31. The topological polar surface area (TPSA) is 70.0 Å². The van der Waals surface area contributed by atoms with E-state index in [1.54, 1.807) is 13.8 Å². The van der Waals surface area contributed by atoms with E-state index in [0.717, 1.165) is 6.07 Å². The Morgan fingerprint density at radius 2 is 2.17 bits per heavy atom. The Kier molecular flexibility index (Phi) is 4.82. The second kappa shape index (κ2) is 5.94. The summed E-state index contributed by atoms with van der Waals surface area (Å²) in [5.74, 6) is -0.602. The summed E-state index contributed by atoms with van der Waals surface area (Å²) >= 11 is 0. The van der Waals surface area contributed by atoms with Crippen LogP contribution in [0, 0.1) is 24.1 Å². The number of nitrogens with zero attached hydrogens (tertiary/aromatic N) is 1. The maximum absolute atomic E-state index is 13.1. The number of hydrogen-bond acceptors (Lipinski definition) is 3. The highest BCUT2D eigenvalue weighted by Gasteiger charge is 2.21. The van der Waals surface area contributed by atoms with Gasteiger partial charge in [-0.1, -0.05) is 13.0 Å². The van der Waals surface area contributed by atoms with Gasteiger partial charge in [-0.3, -0.25) is 0 Å². The van der Waals surface area contributed by atoms with Gasteiger partial charge in [-0.25, -0.2) is 17.5 Å². The van der Waals surface area contributed by atoms with Crippen molar-refractivity contribution >= 4 is 10.0 Å². The Morgan fingerprint density at radius 3 is 2.72 bits per heavy atom. The van der Waals surface area contributed by atoms with Crippen LogP contribution in [0.4, 0.5) is 4.39 Å². The van der Waals surface area contributed by atoms with E-state index in [2.05, 4.69) is 4.72 Å². The zero-order valence-corrected chi connectivity index (χ0v) is 11.1. The minimum Gasteiger partial charge on any atom is -0.207 e. The van der Waals surface area contributed by atoms with E-state index in [4.69, 9.17) is 5.26 Å². The van der Waals surface area contributed by atoms with Crippen molar-refractivity contribution in [2.75, 3.05) is 0 Å². The lowest BCUT2D eigenvalue weighted by Crippen LogP contribution is -2.34. The fraction of sp³-hybridized carbons (Fsp3) is 0.417. The van der Waals surface area contributed by atoms with Crippen molar-refractivity contribution < 1.29 is 12.8 Å². The molecule has 0 aromatic heterocycles. The Morgan fingerprint density at radius 1 is 1.50 bits per heavy atom. The highest BCUT2D eigenvalue weighted by Crippen LogP contribution is 2.17. The molecule has 0 aliphatic heterocycles. The van der Waals surface area contributed by atoms with Gasteiger partial charge >= 0.3 is 0 Å². The third kappa shape index (κ3) is 3.52. The van der Waals surface area contributed by atoms with Crippen molar-refractivity contribution in [2.24, 2.45) is 0 Å². The van der Waals surface area contributed by atoms with Crippen molar-refractivity contribution in [3.05, 3.63) is 29.6 Å². The number of sulfonamides is 1. The molecule has 0 fully saturated rings. The molecule has 1 unspecified atom stereocenters. The summed E-state index contributed by atoms with van der Waals surface area (Å²) in [7, 11) is -3.79. The van der Waals surface area contributed by atoms with Crippen LogP contribution in [0.15, 0.2) is 23.1 Å². The third-order valence-corrected chi connectivity index (χ3v) is 4.25. The smallest absolute Gasteiger partial charge is 0.207 e. The molecule has 0 amide bonds. The molecule has 1 aromatic rings. The predicted octanol–water partition coefficient (Wildman–Crippen LogP) is 2.10. The minimum absolute atomic E-state index is 0.0844. The molecule has 4 nitrogen and oxygen atoms in total. The number of hydrogen-bond donors (Lipinski definition) is 1. The maximum atomic E-state index is 13.1. The highest BCUT2D eigenvalue weighted by molar-refractivity contribution is 7.89. The monoisotopic (exact) mass is 270 g/mol. The molecule has 0 aliphatic rings. The van der Waals surface area contributed by atoms with Gasteiger partial charge < -0.3 is 0 Å². The molecular weight excluding hydrogens is 255 g/mol. The largest absolute Gasteiger partial charge is 0.241 e. The SMILES string of the molecule is CCC(CC#N)NS(=O)(=O)c1cc(F)ccc1C. The van der Waals surface area contributed by atoms with Crippen molar-refractivity contribution in [2.45, 2.75) is 37.6 Å². The van der Waals surface area contributed by atoms with Gasteiger partial charge in [-0.15, -0.1) is 0 Å². The summed E-state index contributed by atoms with van der Waals surface area (Å²) in [4.78, 5) is -0.0844. The van der Waals surface area contributed by atoms with Crippen LogP contribution in [0.5, 0.6) is 0 Å². The maximum Gasteiger partial charge on any atom is 0.241 e. The molecule has 0 saturated carbocycles. The lowest BCUT2D eigenvalue weighted by Gasteiger charge is -2.15. The van der Waals surface area contributed by atoms with Crippen molar-refractivity contribution in [1.82, 2.24) is 4.72 Å². The molecule has 0 radical (unpaired) electrons. The summed E-state index contributed by atoms with van der Waals surface area (Å²) < 4.78 is 39.6. The number of nitrogens with one attached hydrogen (secondary N) is 1. The van der Waals surface area contributed by atoms with Crippen LogP contribution in [0.25, 0.3) is 0 Å². The number of benzene rings is 1. The summed E-state index contributed by atoms with van der Waals surface area (Å²) in [6, 6.07) is 5.07. The fourth-order valence-electron chi connectivity index (χ4n) is 1.53. The van der Waals surface area contributed by atoms with Crippen LogP contribution in [-0.4, -0.2) is 14.5 Å². The van der Waals surface area contributed by atoms with Crippen LogP contribution in [0.2, 0.25) is 0 Å². The van der Waals surface area contributed by atoms with Gasteiger partial charge in [-0.2, -0.15) is 5.26 Å². The zero-order chi connectivity index (χ0) is 13.8. The van der Waals surface area contributed by atoms with Gasteiger partial charge in [-0.05, 0) is 31.0 Å². The second-order valence-corrected chi connectivity index (χ2v) is 5.68. The van der Waals surface area contributed by atoms with E-state index < -0.39 is 21.9 Å². The summed E-state index contributed by atoms with van der Waals surface area (Å²) in [5, 5.41) is 8.59. The first-order chi connectivity index (χ1) is 8.40. The molecular formula is C12H15FN2O2S. The first kappa shape index (κ1) is 14.6. The molecule has 0 heterocycles. The second-order valence-electron chi connectivity index (χ2n) is 4.00. The number of aryl methyl sites for hydroxylation is 1. The molecule has 0 bridgehead atoms. The normalized spacial score (nSPS) is 13.0. The molecule has 98 valence electrons. The Labute approximate surface area is 106 Å². The van der Waals surface area contributed by atoms with E-state index in [1.165, 1.54) is 12.1 Å². The molecule has 1 atom stereocenters. The van der Waals surface area contributed by atoms with Crippen LogP contribution in [-0.2, 0) is 10.0 Å². The van der Waals surface area contributed by atoms with Gasteiger partial charge in [0.05, 0.1) is 17.4 Å². The first-order valence-corrected chi connectivity index (χ1v) is 7.04. The van der Waals surface area contributed by atoms with E-state index >= 15 is 0 Å². The number of nitriles is 1. The number of halogens is 1. The minimum atomic E-state index is -3.79. The lowest BCUT2D eigenvalue weighted by molar-refractivity contribution is 0.540. The van der Waals surface area contributed by atoms with Gasteiger partial charge in [0.25, 0.3) is 0 Å². The average molecular weight is 270 g/mol. The molecule has 1 N–H and O–H groups in total. The molecule has 18 heavy (non-hydrogen) atoms. The molecule has 1 aromatic carbocycles. The molecule has 0 spiro atoms. The van der Waals surface area contributed by atoms with Gasteiger partial charge in [0.2, 0.25) is 10.0 Å². The summed E-state index contributed by atoms with van der Waals surface area (Å²) in [6.45, 7) is 3.38. The van der Waals surface area contributed by atoms with E-state index in [0.29, 0.717) is 12.0 Å². The van der Waals surface area contributed by atoms with E-state index in [-0.39, 0.29) is 11.3 Å². The van der Waals surface area contributed by atoms with Gasteiger partial charge in [0, 0.05) is 6.04 Å². The zero-order valence-electron chi connectivity index (χ0n) is 10.3. The quantitative estimate of drug-likeness (QED) is 0.890. The highest BCUT2D eigenvalue weighted by atomic mass is 32.2. The van der Waals surface area contributed by atoms with Crippen LogP contribution in [0.1, 0.15) is 25.3 Å². The molecule has 1 rings (SSSR count). The summed E-state index contributed by atoms with van der Waals surface area (Å²) in [5.41, 5.74) is 0.468. The Balaban J connectivity index is 3.06. The summed E-state index contributed by atoms with van der Waals surface area (Å²) in [6.07, 6.45) is 0.589. The van der Waals surface area contributed by atoms with Gasteiger partial charge in [0.15, 0.2) is 0 Å². The third-order valence-electron chi connectivity index (χ3n) is 2.59. The van der Waals surface area contributed by atoms with Crippen molar-refractivity contribution in [1.29, 1.82) is 5.26 Å². The van der Waals surface area contributed by atoms with Crippen molar-refractivity contribution in [3.63, 3.8) is 0 Å². The Bertz CT molecular complexity index is 564. The van der Waals surface area contributed by atoms with E-state index in [1.807, 2.05) is 6.07 Å². The van der Waals surface area contributed by atoms with Gasteiger partial charge in [0.1, 0.15) is 5.82 Å². The standard InChI is InChI=1S/C12H15FN2O2S/c1-3-11(6-7-14)15-18(16,17)12-8-10(13)5-4-9(12)2/h4-5,8,11,15H,3,6H2,1-2H3. The fourth-order valence-corrected chi connectivity index (χ4v) is 3.10. The predicted molar refractivity (Wildman–Crippen MR) is 65.8 cm³/mol. The molecule has 0 aliphatic carbocycles. The molecule has 6 heteroatoms.